The van der Waals surface area contributed by atoms with Crippen molar-refractivity contribution >= 4 is 0 Å². The minimum Gasteiger partial charge on any atom is -0.497 e. The lowest BCUT2D eigenvalue weighted by atomic mass is 10.1. The zero-order chi connectivity index (χ0) is 11.5. The lowest BCUT2D eigenvalue weighted by molar-refractivity contribution is -0.924. The highest BCUT2D eigenvalue weighted by Gasteiger charge is 2.20. The van der Waals surface area contributed by atoms with E-state index in [0.29, 0.717) is 6.04 Å². The highest BCUT2D eigenvalue weighted by Crippen LogP contribution is 2.18. The number of ether oxygens (including phenoxy) is 1. The minimum atomic E-state index is 0.621. The molecule has 0 fully saturated rings. The lowest BCUT2D eigenvalue weighted by Crippen LogP contribution is -2.44. The molecule has 0 saturated carbocycles. The van der Waals surface area contributed by atoms with Crippen molar-refractivity contribution in [3.8, 4) is 5.75 Å². The van der Waals surface area contributed by atoms with Crippen LogP contribution in [0.1, 0.15) is 19.4 Å². The summed E-state index contributed by atoms with van der Waals surface area (Å²) in [6, 6.07) is 8.93. The van der Waals surface area contributed by atoms with Crippen molar-refractivity contribution in [2.45, 2.75) is 26.4 Å². The number of benzene rings is 1. The molecule has 0 aromatic heterocycles. The van der Waals surface area contributed by atoms with E-state index in [-0.39, 0.29) is 0 Å². The van der Waals surface area contributed by atoms with Gasteiger partial charge in [0.2, 0.25) is 0 Å². The number of quaternary nitrogens is 1. The van der Waals surface area contributed by atoms with Gasteiger partial charge >= 0.3 is 0 Å². The van der Waals surface area contributed by atoms with E-state index in [1.807, 2.05) is 6.07 Å². The van der Waals surface area contributed by atoms with E-state index in [0.717, 1.165) is 16.8 Å². The molecule has 0 N–H and O–H groups in total. The fourth-order valence-corrected chi connectivity index (χ4v) is 1.42. The molecule has 15 heavy (non-hydrogen) atoms. The Morgan fingerprint density at radius 3 is 2.47 bits per heavy atom. The molecule has 0 unspecified atom stereocenters. The van der Waals surface area contributed by atoms with Crippen molar-refractivity contribution in [1.29, 1.82) is 0 Å². The van der Waals surface area contributed by atoms with E-state index in [2.05, 4.69) is 46.1 Å². The molecule has 0 heterocycles. The Hall–Kier alpha value is -1.02. The number of nitrogens with zero attached hydrogens (tertiary/aromatic N) is 1. The molecule has 0 aliphatic carbocycles. The Morgan fingerprint density at radius 2 is 1.93 bits per heavy atom. The molecule has 0 saturated heterocycles. The average molecular weight is 208 g/mol. The second-order valence-electron chi connectivity index (χ2n) is 4.88. The summed E-state index contributed by atoms with van der Waals surface area (Å²) in [6.45, 7) is 5.54. The van der Waals surface area contributed by atoms with Gasteiger partial charge in [-0.25, -0.2) is 0 Å². The Labute approximate surface area is 93.1 Å². The SMILES string of the molecule is COc1cccc(C[N+](C)(C)C(C)C)c1. The average Bonchev–Trinajstić information content (AvgIpc) is 2.17. The first kappa shape index (κ1) is 12.1. The van der Waals surface area contributed by atoms with Crippen LogP contribution in [0.2, 0.25) is 0 Å². The van der Waals surface area contributed by atoms with Gasteiger partial charge in [-0.15, -0.1) is 0 Å². The van der Waals surface area contributed by atoms with Crippen LogP contribution in [0.4, 0.5) is 0 Å². The van der Waals surface area contributed by atoms with E-state index in [1.54, 1.807) is 7.11 Å². The van der Waals surface area contributed by atoms with Crippen molar-refractivity contribution in [3.63, 3.8) is 0 Å². The van der Waals surface area contributed by atoms with Crippen molar-refractivity contribution in [1.82, 2.24) is 0 Å². The summed E-state index contributed by atoms with van der Waals surface area (Å²) < 4.78 is 6.22. The number of methoxy groups -OCH3 is 1. The molecule has 0 amide bonds. The third-order valence-corrected chi connectivity index (χ3v) is 3.12. The Morgan fingerprint density at radius 1 is 1.27 bits per heavy atom. The summed E-state index contributed by atoms with van der Waals surface area (Å²) in [5.74, 6) is 0.941. The Bertz CT molecular complexity index is 318. The van der Waals surface area contributed by atoms with Gasteiger partial charge in [0.25, 0.3) is 0 Å². The van der Waals surface area contributed by atoms with E-state index in [9.17, 15) is 0 Å². The van der Waals surface area contributed by atoms with Crippen molar-refractivity contribution in [2.75, 3.05) is 21.2 Å². The third kappa shape index (κ3) is 3.24. The zero-order valence-corrected chi connectivity index (χ0v) is 10.4. The van der Waals surface area contributed by atoms with Crippen molar-refractivity contribution in [2.24, 2.45) is 0 Å². The Kier molecular flexibility index (Phi) is 3.75. The minimum absolute atomic E-state index is 0.621. The van der Waals surface area contributed by atoms with Crippen LogP contribution in [0.25, 0.3) is 0 Å². The van der Waals surface area contributed by atoms with E-state index >= 15 is 0 Å². The smallest absolute Gasteiger partial charge is 0.119 e. The van der Waals surface area contributed by atoms with Gasteiger partial charge in [-0.05, 0) is 26.0 Å². The number of rotatable bonds is 4. The van der Waals surface area contributed by atoms with Crippen LogP contribution in [-0.2, 0) is 6.54 Å². The molecule has 0 spiro atoms. The monoisotopic (exact) mass is 208 g/mol. The van der Waals surface area contributed by atoms with E-state index in [4.69, 9.17) is 4.74 Å². The first-order chi connectivity index (χ1) is 6.95. The first-order valence-corrected chi connectivity index (χ1v) is 5.41. The summed E-state index contributed by atoms with van der Waals surface area (Å²) in [6.07, 6.45) is 0. The third-order valence-electron chi connectivity index (χ3n) is 3.12. The molecule has 1 rings (SSSR count). The molecule has 0 aliphatic rings. The quantitative estimate of drug-likeness (QED) is 0.691. The summed E-state index contributed by atoms with van der Waals surface area (Å²) in [4.78, 5) is 0. The summed E-state index contributed by atoms with van der Waals surface area (Å²) >= 11 is 0. The topological polar surface area (TPSA) is 9.23 Å². The Balaban J connectivity index is 2.80. The van der Waals surface area contributed by atoms with Crippen molar-refractivity contribution in [3.05, 3.63) is 29.8 Å². The van der Waals surface area contributed by atoms with Gasteiger partial charge in [0, 0.05) is 5.56 Å². The predicted octanol–water partition coefficient (Wildman–Crippen LogP) is 2.68. The summed E-state index contributed by atoms with van der Waals surface area (Å²) in [5.41, 5.74) is 1.33. The molecule has 2 heteroatoms. The van der Waals surface area contributed by atoms with Gasteiger partial charge in [-0.2, -0.15) is 0 Å². The molecule has 0 atom stereocenters. The maximum Gasteiger partial charge on any atom is 0.119 e. The number of hydrogen-bond donors (Lipinski definition) is 0. The van der Waals surface area contributed by atoms with Gasteiger partial charge in [-0.1, -0.05) is 12.1 Å². The van der Waals surface area contributed by atoms with Gasteiger partial charge in [0.05, 0.1) is 27.2 Å². The van der Waals surface area contributed by atoms with Gasteiger partial charge < -0.3 is 9.22 Å². The fraction of sp³-hybridized carbons (Fsp3) is 0.538. The summed E-state index contributed by atoms with van der Waals surface area (Å²) in [5, 5.41) is 0. The second kappa shape index (κ2) is 4.67. The van der Waals surface area contributed by atoms with Gasteiger partial charge in [-0.3, -0.25) is 0 Å². The molecule has 84 valence electrons. The fourth-order valence-electron chi connectivity index (χ4n) is 1.42. The molecular weight excluding hydrogens is 186 g/mol. The zero-order valence-electron chi connectivity index (χ0n) is 10.4. The van der Waals surface area contributed by atoms with E-state index in [1.165, 1.54) is 5.56 Å². The largest absolute Gasteiger partial charge is 0.497 e. The van der Waals surface area contributed by atoms with Crippen LogP contribution in [0, 0.1) is 0 Å². The van der Waals surface area contributed by atoms with Crippen LogP contribution in [0.3, 0.4) is 0 Å². The molecule has 0 bridgehead atoms. The van der Waals surface area contributed by atoms with Crippen LogP contribution in [0.15, 0.2) is 24.3 Å². The maximum absolute atomic E-state index is 5.22. The number of hydrogen-bond acceptors (Lipinski definition) is 1. The van der Waals surface area contributed by atoms with Crippen LogP contribution >= 0.6 is 0 Å². The molecule has 1 aromatic carbocycles. The molecule has 1 aromatic rings. The predicted molar refractivity (Wildman–Crippen MR) is 63.9 cm³/mol. The highest BCUT2D eigenvalue weighted by molar-refractivity contribution is 5.27. The molecule has 2 nitrogen and oxygen atoms in total. The van der Waals surface area contributed by atoms with Crippen molar-refractivity contribution < 1.29 is 9.22 Å². The summed E-state index contributed by atoms with van der Waals surface area (Å²) in [7, 11) is 6.22. The molecule has 0 aliphatic heterocycles. The lowest BCUT2D eigenvalue weighted by Gasteiger charge is -2.34. The van der Waals surface area contributed by atoms with Crippen LogP contribution in [-0.4, -0.2) is 31.7 Å². The second-order valence-corrected chi connectivity index (χ2v) is 4.88. The van der Waals surface area contributed by atoms with Crippen LogP contribution in [0.5, 0.6) is 5.75 Å². The first-order valence-electron chi connectivity index (χ1n) is 5.41. The van der Waals surface area contributed by atoms with Gasteiger partial charge in [0.15, 0.2) is 0 Å². The highest BCUT2D eigenvalue weighted by atomic mass is 16.5. The standard InChI is InChI=1S/C13H22NO/c1-11(2)14(3,4)10-12-7-6-8-13(9-12)15-5/h6-9,11H,10H2,1-5H3/q+1. The normalized spacial score (nSPS) is 11.9. The van der Waals surface area contributed by atoms with E-state index < -0.39 is 0 Å². The molecular formula is C13H22NO+. The van der Waals surface area contributed by atoms with Crippen LogP contribution < -0.4 is 4.74 Å². The maximum atomic E-state index is 5.22. The van der Waals surface area contributed by atoms with Gasteiger partial charge in [0.1, 0.15) is 12.3 Å². The molecule has 0 radical (unpaired) electrons.